The Balaban J connectivity index is 1.55. The van der Waals surface area contributed by atoms with Crippen molar-refractivity contribution in [3.8, 4) is 0 Å². The Hall–Kier alpha value is -3.67. The van der Waals surface area contributed by atoms with Crippen LogP contribution in [0.5, 0.6) is 0 Å². The van der Waals surface area contributed by atoms with E-state index in [1.54, 1.807) is 12.1 Å². The van der Waals surface area contributed by atoms with Gasteiger partial charge in [0.2, 0.25) is 0 Å². The first-order valence-electron chi connectivity index (χ1n) is 9.93. The molecule has 0 aliphatic carbocycles. The van der Waals surface area contributed by atoms with E-state index in [2.05, 4.69) is 22.4 Å². The van der Waals surface area contributed by atoms with Gasteiger partial charge in [-0.2, -0.15) is 0 Å². The molecular weight excluding hydrogens is 378 g/mol. The SMILES string of the molecule is Cc1ccccc1C(=O)Nc1cnc(N2CC[C@H](c3ccccc3)C2)c(C(=O)O)c1. The fourth-order valence-corrected chi connectivity index (χ4v) is 3.91. The predicted octanol–water partition coefficient (Wildman–Crippen LogP) is 4.33. The molecule has 1 aliphatic rings. The minimum absolute atomic E-state index is 0.0892. The zero-order valence-electron chi connectivity index (χ0n) is 16.7. The average Bonchev–Trinajstić information content (AvgIpc) is 3.24. The first-order valence-corrected chi connectivity index (χ1v) is 9.93. The van der Waals surface area contributed by atoms with Gasteiger partial charge >= 0.3 is 5.97 Å². The summed E-state index contributed by atoms with van der Waals surface area (Å²) in [4.78, 5) is 30.9. The molecule has 30 heavy (non-hydrogen) atoms. The molecule has 1 aliphatic heterocycles. The highest BCUT2D eigenvalue weighted by Gasteiger charge is 2.28. The lowest BCUT2D eigenvalue weighted by Crippen LogP contribution is -2.23. The van der Waals surface area contributed by atoms with Crippen LogP contribution in [0.4, 0.5) is 11.5 Å². The summed E-state index contributed by atoms with van der Waals surface area (Å²) in [5.41, 5.74) is 3.10. The average molecular weight is 401 g/mol. The minimum atomic E-state index is -1.06. The number of nitrogens with one attached hydrogen (secondary N) is 1. The fourth-order valence-electron chi connectivity index (χ4n) is 3.91. The first kappa shape index (κ1) is 19.6. The van der Waals surface area contributed by atoms with Crippen molar-refractivity contribution in [2.75, 3.05) is 23.3 Å². The zero-order valence-corrected chi connectivity index (χ0v) is 16.7. The van der Waals surface area contributed by atoms with Crippen molar-refractivity contribution in [1.29, 1.82) is 0 Å². The van der Waals surface area contributed by atoms with Crippen LogP contribution in [0.15, 0.2) is 66.9 Å². The normalized spacial score (nSPS) is 15.8. The number of hydrogen-bond acceptors (Lipinski definition) is 4. The molecule has 6 heteroatoms. The van der Waals surface area contributed by atoms with Crippen molar-refractivity contribution < 1.29 is 14.7 Å². The van der Waals surface area contributed by atoms with Gasteiger partial charge < -0.3 is 15.3 Å². The molecule has 6 nitrogen and oxygen atoms in total. The Kier molecular flexibility index (Phi) is 5.48. The summed E-state index contributed by atoms with van der Waals surface area (Å²) in [6.45, 7) is 3.31. The topological polar surface area (TPSA) is 82.5 Å². The molecule has 1 amide bonds. The Labute approximate surface area is 175 Å². The lowest BCUT2D eigenvalue weighted by Gasteiger charge is -2.20. The number of carboxylic acids is 1. The molecule has 2 aromatic carbocycles. The van der Waals surface area contributed by atoms with Gasteiger partial charge in [0.05, 0.1) is 11.9 Å². The van der Waals surface area contributed by atoms with E-state index >= 15 is 0 Å². The van der Waals surface area contributed by atoms with Crippen molar-refractivity contribution in [3.63, 3.8) is 0 Å². The minimum Gasteiger partial charge on any atom is -0.478 e. The summed E-state index contributed by atoms with van der Waals surface area (Å²) in [6.07, 6.45) is 2.46. The second-order valence-electron chi connectivity index (χ2n) is 7.51. The van der Waals surface area contributed by atoms with Gasteiger partial charge in [-0.1, -0.05) is 48.5 Å². The van der Waals surface area contributed by atoms with Crippen LogP contribution in [0.2, 0.25) is 0 Å². The molecule has 2 heterocycles. The Morgan fingerprint density at radius 2 is 1.80 bits per heavy atom. The Morgan fingerprint density at radius 3 is 2.53 bits per heavy atom. The number of hydrogen-bond donors (Lipinski definition) is 2. The van der Waals surface area contributed by atoms with E-state index in [1.807, 2.05) is 42.2 Å². The third-order valence-corrected chi connectivity index (χ3v) is 5.50. The number of carbonyl (C=O) groups excluding carboxylic acids is 1. The van der Waals surface area contributed by atoms with Gasteiger partial charge in [0, 0.05) is 24.6 Å². The molecule has 152 valence electrons. The number of aromatic nitrogens is 1. The monoisotopic (exact) mass is 401 g/mol. The number of rotatable bonds is 5. The maximum Gasteiger partial charge on any atom is 0.339 e. The number of carbonyl (C=O) groups is 2. The molecular formula is C24H23N3O3. The number of carboxylic acid groups (broad SMARTS) is 1. The standard InChI is InChI=1S/C24H23N3O3/c1-16-7-5-6-10-20(16)23(28)26-19-13-21(24(29)30)22(25-14-19)27-12-11-18(15-27)17-8-3-2-4-9-17/h2-10,13-14,18H,11-12,15H2,1H3,(H,26,28)(H,29,30)/t18-/m0/s1. The molecule has 0 bridgehead atoms. The van der Waals surface area contributed by atoms with Crippen LogP contribution in [-0.4, -0.2) is 35.1 Å². The molecule has 1 saturated heterocycles. The van der Waals surface area contributed by atoms with Crippen molar-refractivity contribution in [2.45, 2.75) is 19.3 Å². The highest BCUT2D eigenvalue weighted by atomic mass is 16.4. The van der Waals surface area contributed by atoms with Crippen LogP contribution in [0.3, 0.4) is 0 Å². The van der Waals surface area contributed by atoms with Crippen molar-refractivity contribution >= 4 is 23.4 Å². The van der Waals surface area contributed by atoms with Crippen LogP contribution in [0.25, 0.3) is 0 Å². The molecule has 2 N–H and O–H groups in total. The van der Waals surface area contributed by atoms with Gasteiger partial charge in [-0.25, -0.2) is 9.78 Å². The second-order valence-corrected chi connectivity index (χ2v) is 7.51. The van der Waals surface area contributed by atoms with E-state index in [4.69, 9.17) is 0 Å². The predicted molar refractivity (Wildman–Crippen MR) is 116 cm³/mol. The van der Waals surface area contributed by atoms with Crippen molar-refractivity contribution in [3.05, 3.63) is 89.1 Å². The molecule has 0 saturated carbocycles. The molecule has 1 atom stereocenters. The van der Waals surface area contributed by atoms with Crippen LogP contribution in [-0.2, 0) is 0 Å². The second kappa shape index (κ2) is 8.37. The smallest absolute Gasteiger partial charge is 0.339 e. The van der Waals surface area contributed by atoms with Crippen LogP contribution in [0.1, 0.15) is 44.2 Å². The van der Waals surface area contributed by atoms with Gasteiger partial charge in [-0.3, -0.25) is 4.79 Å². The lowest BCUT2D eigenvalue weighted by molar-refractivity contribution is 0.0697. The highest BCUT2D eigenvalue weighted by molar-refractivity contribution is 6.06. The number of pyridine rings is 1. The molecule has 0 spiro atoms. The Bertz CT molecular complexity index is 1080. The largest absolute Gasteiger partial charge is 0.478 e. The van der Waals surface area contributed by atoms with E-state index in [1.165, 1.54) is 17.8 Å². The quantitative estimate of drug-likeness (QED) is 0.665. The maximum atomic E-state index is 12.6. The summed E-state index contributed by atoms with van der Waals surface area (Å²) in [5, 5.41) is 12.5. The maximum absolute atomic E-state index is 12.6. The summed E-state index contributed by atoms with van der Waals surface area (Å²) in [6, 6.07) is 19.0. The van der Waals surface area contributed by atoms with Crippen molar-refractivity contribution in [2.24, 2.45) is 0 Å². The van der Waals surface area contributed by atoms with E-state index in [-0.39, 0.29) is 11.5 Å². The molecule has 1 fully saturated rings. The van der Waals surface area contributed by atoms with E-state index in [0.29, 0.717) is 29.5 Å². The van der Waals surface area contributed by atoms with Gasteiger partial charge in [0.25, 0.3) is 5.91 Å². The van der Waals surface area contributed by atoms with Crippen molar-refractivity contribution in [1.82, 2.24) is 4.98 Å². The summed E-state index contributed by atoms with van der Waals surface area (Å²) < 4.78 is 0. The number of aromatic carboxylic acids is 1. The van der Waals surface area contributed by atoms with Gasteiger partial charge in [0.1, 0.15) is 11.4 Å². The van der Waals surface area contributed by atoms with E-state index in [0.717, 1.165) is 18.5 Å². The zero-order chi connectivity index (χ0) is 21.1. The lowest BCUT2D eigenvalue weighted by atomic mass is 9.99. The first-order chi connectivity index (χ1) is 14.5. The molecule has 0 unspecified atom stereocenters. The van der Waals surface area contributed by atoms with E-state index in [9.17, 15) is 14.7 Å². The number of nitrogens with zero attached hydrogens (tertiary/aromatic N) is 2. The number of anilines is 2. The molecule has 4 rings (SSSR count). The van der Waals surface area contributed by atoms with E-state index < -0.39 is 5.97 Å². The van der Waals surface area contributed by atoms with Gasteiger partial charge in [-0.15, -0.1) is 0 Å². The third kappa shape index (κ3) is 4.03. The van der Waals surface area contributed by atoms with Gasteiger partial charge in [-0.05, 0) is 36.6 Å². The van der Waals surface area contributed by atoms with Gasteiger partial charge in [0.15, 0.2) is 0 Å². The highest BCUT2D eigenvalue weighted by Crippen LogP contribution is 2.32. The molecule has 3 aromatic rings. The molecule has 1 aromatic heterocycles. The summed E-state index contributed by atoms with van der Waals surface area (Å²) in [7, 11) is 0. The fraction of sp³-hybridized carbons (Fsp3) is 0.208. The van der Waals surface area contributed by atoms with Crippen LogP contribution >= 0.6 is 0 Å². The Morgan fingerprint density at radius 1 is 1.07 bits per heavy atom. The van der Waals surface area contributed by atoms with Crippen LogP contribution < -0.4 is 10.2 Å². The number of benzene rings is 2. The number of amides is 1. The third-order valence-electron chi connectivity index (χ3n) is 5.50. The summed E-state index contributed by atoms with van der Waals surface area (Å²) >= 11 is 0. The van der Waals surface area contributed by atoms with Crippen LogP contribution in [0, 0.1) is 6.92 Å². The summed E-state index contributed by atoms with van der Waals surface area (Å²) in [5.74, 6) is -0.568. The molecule has 0 radical (unpaired) electrons. The number of aryl methyl sites for hydroxylation is 1.